The maximum absolute atomic E-state index is 11.1. The van der Waals surface area contributed by atoms with E-state index in [2.05, 4.69) is 10.2 Å². The molecular formula is C19H19ClN4O2. The van der Waals surface area contributed by atoms with Gasteiger partial charge in [-0.2, -0.15) is 0 Å². The summed E-state index contributed by atoms with van der Waals surface area (Å²) in [5.74, 6) is 2.70. The van der Waals surface area contributed by atoms with Gasteiger partial charge in [-0.1, -0.05) is 11.6 Å². The standard InChI is InChI=1S/C19H19ClN4O2/c1-23(2)11-18-21-22-19(24(18)3)13-5-8-16(9-6-13)26-17-10-15(20)7-4-14(17)12-25/h4-10,12H,11H2,1-3H3. The van der Waals surface area contributed by atoms with E-state index < -0.39 is 0 Å². The molecule has 0 saturated carbocycles. The Morgan fingerprint density at radius 1 is 1.15 bits per heavy atom. The van der Waals surface area contributed by atoms with Gasteiger partial charge in [-0.3, -0.25) is 4.79 Å². The Bertz CT molecular complexity index is 920. The van der Waals surface area contributed by atoms with Crippen LogP contribution < -0.4 is 4.74 Å². The molecule has 134 valence electrons. The van der Waals surface area contributed by atoms with Gasteiger partial charge in [0.05, 0.1) is 12.1 Å². The van der Waals surface area contributed by atoms with E-state index in [0.29, 0.717) is 28.6 Å². The number of carbonyl (C=O) groups is 1. The van der Waals surface area contributed by atoms with E-state index in [4.69, 9.17) is 16.3 Å². The van der Waals surface area contributed by atoms with Crippen molar-refractivity contribution < 1.29 is 9.53 Å². The summed E-state index contributed by atoms with van der Waals surface area (Å²) in [6.07, 6.45) is 0.742. The molecule has 0 N–H and O–H groups in total. The van der Waals surface area contributed by atoms with Crippen LogP contribution in [0, 0.1) is 0 Å². The van der Waals surface area contributed by atoms with E-state index in [1.807, 2.05) is 54.9 Å². The number of benzene rings is 2. The van der Waals surface area contributed by atoms with Gasteiger partial charge in [-0.25, -0.2) is 0 Å². The molecule has 0 atom stereocenters. The van der Waals surface area contributed by atoms with Crippen LogP contribution in [0.2, 0.25) is 5.02 Å². The number of aldehydes is 1. The quantitative estimate of drug-likeness (QED) is 0.617. The molecule has 7 heteroatoms. The Labute approximate surface area is 157 Å². The summed E-state index contributed by atoms with van der Waals surface area (Å²) in [6.45, 7) is 0.716. The molecular weight excluding hydrogens is 352 g/mol. The largest absolute Gasteiger partial charge is 0.457 e. The Kier molecular flexibility index (Phi) is 5.35. The molecule has 1 aromatic heterocycles. The third-order valence-corrected chi connectivity index (χ3v) is 4.10. The summed E-state index contributed by atoms with van der Waals surface area (Å²) in [4.78, 5) is 13.2. The minimum Gasteiger partial charge on any atom is -0.457 e. The SMILES string of the molecule is CN(C)Cc1nnc(-c2ccc(Oc3cc(Cl)ccc3C=O)cc2)n1C. The van der Waals surface area contributed by atoms with Crippen molar-refractivity contribution in [1.29, 1.82) is 0 Å². The van der Waals surface area contributed by atoms with Crippen molar-refractivity contribution in [3.63, 3.8) is 0 Å². The number of halogens is 1. The molecule has 0 aliphatic rings. The average Bonchev–Trinajstić information content (AvgIpc) is 2.96. The van der Waals surface area contributed by atoms with Gasteiger partial charge >= 0.3 is 0 Å². The van der Waals surface area contributed by atoms with E-state index >= 15 is 0 Å². The predicted molar refractivity (Wildman–Crippen MR) is 101 cm³/mol. The molecule has 0 amide bonds. The number of hydrogen-bond donors (Lipinski definition) is 0. The molecule has 0 fully saturated rings. The van der Waals surface area contributed by atoms with Crippen LogP contribution in [0.25, 0.3) is 11.4 Å². The second kappa shape index (κ2) is 7.68. The Hall–Kier alpha value is -2.70. The first-order valence-electron chi connectivity index (χ1n) is 8.04. The number of hydrogen-bond acceptors (Lipinski definition) is 5. The Morgan fingerprint density at radius 3 is 2.54 bits per heavy atom. The summed E-state index contributed by atoms with van der Waals surface area (Å²) in [6, 6.07) is 12.4. The van der Waals surface area contributed by atoms with Crippen molar-refractivity contribution >= 4 is 17.9 Å². The van der Waals surface area contributed by atoms with E-state index in [1.165, 1.54) is 0 Å². The smallest absolute Gasteiger partial charge is 0.163 e. The van der Waals surface area contributed by atoms with E-state index in [9.17, 15) is 4.79 Å². The highest BCUT2D eigenvalue weighted by atomic mass is 35.5. The molecule has 0 spiro atoms. The van der Waals surface area contributed by atoms with Gasteiger partial charge in [0.25, 0.3) is 0 Å². The lowest BCUT2D eigenvalue weighted by molar-refractivity contribution is 0.112. The van der Waals surface area contributed by atoms with Gasteiger partial charge in [0, 0.05) is 23.7 Å². The van der Waals surface area contributed by atoms with E-state index in [1.54, 1.807) is 18.2 Å². The van der Waals surface area contributed by atoms with Gasteiger partial charge < -0.3 is 14.2 Å². The number of rotatable bonds is 6. The summed E-state index contributed by atoms with van der Waals surface area (Å²) < 4.78 is 7.76. The highest BCUT2D eigenvalue weighted by Gasteiger charge is 2.12. The van der Waals surface area contributed by atoms with Crippen LogP contribution in [-0.4, -0.2) is 40.0 Å². The summed E-state index contributed by atoms with van der Waals surface area (Å²) >= 11 is 5.98. The summed E-state index contributed by atoms with van der Waals surface area (Å²) in [7, 11) is 5.93. The minimum atomic E-state index is 0.423. The third kappa shape index (κ3) is 3.92. The van der Waals surface area contributed by atoms with Crippen molar-refractivity contribution in [3.8, 4) is 22.9 Å². The molecule has 2 aromatic carbocycles. The van der Waals surface area contributed by atoms with E-state index in [-0.39, 0.29) is 0 Å². The topological polar surface area (TPSA) is 60.2 Å². The van der Waals surface area contributed by atoms with Gasteiger partial charge in [0.1, 0.15) is 17.3 Å². The van der Waals surface area contributed by atoms with Gasteiger partial charge in [-0.05, 0) is 50.5 Å². The van der Waals surface area contributed by atoms with Crippen LogP contribution in [0.15, 0.2) is 42.5 Å². The van der Waals surface area contributed by atoms with E-state index in [0.717, 1.165) is 23.5 Å². The van der Waals surface area contributed by atoms with Crippen LogP contribution in [-0.2, 0) is 13.6 Å². The van der Waals surface area contributed by atoms with Gasteiger partial charge in [0.15, 0.2) is 12.1 Å². The molecule has 3 rings (SSSR count). The zero-order valence-electron chi connectivity index (χ0n) is 14.8. The average molecular weight is 371 g/mol. The first-order valence-corrected chi connectivity index (χ1v) is 8.41. The molecule has 3 aromatic rings. The molecule has 0 aliphatic heterocycles. The lowest BCUT2D eigenvalue weighted by Crippen LogP contribution is -2.14. The molecule has 0 radical (unpaired) electrons. The first kappa shape index (κ1) is 18.1. The molecule has 26 heavy (non-hydrogen) atoms. The third-order valence-electron chi connectivity index (χ3n) is 3.87. The summed E-state index contributed by atoms with van der Waals surface area (Å²) in [5.41, 5.74) is 1.37. The second-order valence-electron chi connectivity index (χ2n) is 6.16. The van der Waals surface area contributed by atoms with Crippen LogP contribution in [0.4, 0.5) is 0 Å². The Morgan fingerprint density at radius 2 is 1.88 bits per heavy atom. The molecule has 1 heterocycles. The normalized spacial score (nSPS) is 11.0. The van der Waals surface area contributed by atoms with Crippen LogP contribution in [0.5, 0.6) is 11.5 Å². The van der Waals surface area contributed by atoms with Crippen molar-refractivity contribution in [2.45, 2.75) is 6.54 Å². The zero-order chi connectivity index (χ0) is 18.7. The molecule has 0 unspecified atom stereocenters. The number of carbonyl (C=O) groups excluding carboxylic acids is 1. The summed E-state index contributed by atoms with van der Waals surface area (Å²) in [5, 5.41) is 9.02. The first-order chi connectivity index (χ1) is 12.5. The van der Waals surface area contributed by atoms with Crippen molar-refractivity contribution in [3.05, 3.63) is 58.9 Å². The fraction of sp³-hybridized carbons (Fsp3) is 0.211. The van der Waals surface area contributed by atoms with Gasteiger partial charge in [-0.15, -0.1) is 10.2 Å². The lowest BCUT2D eigenvalue weighted by Gasteiger charge is -2.10. The van der Waals surface area contributed by atoms with Crippen molar-refractivity contribution in [1.82, 2.24) is 19.7 Å². The fourth-order valence-corrected chi connectivity index (χ4v) is 2.69. The molecule has 0 aliphatic carbocycles. The maximum atomic E-state index is 11.1. The molecule has 0 saturated heterocycles. The van der Waals surface area contributed by atoms with Crippen molar-refractivity contribution in [2.75, 3.05) is 14.1 Å². The predicted octanol–water partition coefficient (Wildman–Crippen LogP) is 3.80. The molecule has 0 bridgehead atoms. The minimum absolute atomic E-state index is 0.423. The van der Waals surface area contributed by atoms with Gasteiger partial charge in [0.2, 0.25) is 0 Å². The zero-order valence-corrected chi connectivity index (χ0v) is 15.6. The van der Waals surface area contributed by atoms with Crippen LogP contribution in [0.3, 0.4) is 0 Å². The number of nitrogens with zero attached hydrogens (tertiary/aromatic N) is 4. The molecule has 6 nitrogen and oxygen atoms in total. The van der Waals surface area contributed by atoms with Crippen LogP contribution >= 0.6 is 11.6 Å². The number of ether oxygens (including phenoxy) is 1. The number of aromatic nitrogens is 3. The monoisotopic (exact) mass is 370 g/mol. The van der Waals surface area contributed by atoms with Crippen LogP contribution in [0.1, 0.15) is 16.2 Å². The second-order valence-corrected chi connectivity index (χ2v) is 6.60. The van der Waals surface area contributed by atoms with Crippen molar-refractivity contribution in [2.24, 2.45) is 7.05 Å². The maximum Gasteiger partial charge on any atom is 0.163 e. The Balaban J connectivity index is 1.82. The highest BCUT2D eigenvalue weighted by molar-refractivity contribution is 6.30. The lowest BCUT2D eigenvalue weighted by atomic mass is 10.2. The highest BCUT2D eigenvalue weighted by Crippen LogP contribution is 2.29. The fourth-order valence-electron chi connectivity index (χ4n) is 2.53.